The number of nitro groups is 1. The van der Waals surface area contributed by atoms with Crippen molar-refractivity contribution in [2.24, 2.45) is 0 Å². The van der Waals surface area contributed by atoms with Crippen LogP contribution >= 0.6 is 11.6 Å². The highest BCUT2D eigenvalue weighted by Gasteiger charge is 2.15. The number of nitrogens with zero attached hydrogens (tertiary/aromatic N) is 1. The Morgan fingerprint density at radius 1 is 1.33 bits per heavy atom. The smallest absolute Gasteiger partial charge is 0.288 e. The van der Waals surface area contributed by atoms with E-state index < -0.39 is 11.0 Å². The summed E-state index contributed by atoms with van der Waals surface area (Å²) < 4.78 is 5.68. The van der Waals surface area contributed by atoms with E-state index in [9.17, 15) is 15.2 Å². The van der Waals surface area contributed by atoms with Gasteiger partial charge in [0, 0.05) is 17.7 Å². The number of aliphatic hydroxyl groups excluding tert-OH is 1. The van der Waals surface area contributed by atoms with Crippen molar-refractivity contribution in [2.75, 3.05) is 0 Å². The van der Waals surface area contributed by atoms with Crippen molar-refractivity contribution in [1.29, 1.82) is 0 Å². The van der Waals surface area contributed by atoms with Gasteiger partial charge in [-0.1, -0.05) is 36.7 Å². The second-order valence-electron chi connectivity index (χ2n) is 4.43. The lowest BCUT2D eigenvalue weighted by Gasteiger charge is -2.14. The highest BCUT2D eigenvalue weighted by molar-refractivity contribution is 6.32. The first kappa shape index (κ1) is 15.3. The molecule has 0 aliphatic heterocycles. The van der Waals surface area contributed by atoms with Gasteiger partial charge in [0.05, 0.1) is 11.0 Å². The Hall–Kier alpha value is -2.11. The van der Waals surface area contributed by atoms with E-state index in [2.05, 4.69) is 0 Å². The molecule has 0 aliphatic rings. The van der Waals surface area contributed by atoms with E-state index in [-0.39, 0.29) is 10.7 Å². The largest absolute Gasteiger partial charge is 0.457 e. The number of hydrogen-bond acceptors (Lipinski definition) is 4. The van der Waals surface area contributed by atoms with Gasteiger partial charge in [0.15, 0.2) is 0 Å². The molecule has 0 fully saturated rings. The molecule has 1 atom stereocenters. The average molecular weight is 308 g/mol. The third kappa shape index (κ3) is 3.51. The summed E-state index contributed by atoms with van der Waals surface area (Å²) >= 11 is 5.85. The molecule has 21 heavy (non-hydrogen) atoms. The van der Waals surface area contributed by atoms with Crippen molar-refractivity contribution < 1.29 is 14.8 Å². The predicted octanol–water partition coefficient (Wildman–Crippen LogP) is 4.48. The van der Waals surface area contributed by atoms with Crippen molar-refractivity contribution in [1.82, 2.24) is 0 Å². The van der Waals surface area contributed by atoms with Gasteiger partial charge in [-0.2, -0.15) is 0 Å². The molecule has 0 saturated heterocycles. The van der Waals surface area contributed by atoms with Crippen LogP contribution in [0.1, 0.15) is 25.0 Å². The molecular formula is C15H14ClNO4. The molecule has 0 heterocycles. The van der Waals surface area contributed by atoms with Gasteiger partial charge in [-0.25, -0.2) is 0 Å². The normalized spacial score (nSPS) is 12.0. The van der Waals surface area contributed by atoms with Gasteiger partial charge in [-0.3, -0.25) is 10.1 Å². The summed E-state index contributed by atoms with van der Waals surface area (Å²) in [5.41, 5.74) is 0.486. The Balaban J connectivity index is 2.31. The van der Waals surface area contributed by atoms with Crippen LogP contribution in [0.2, 0.25) is 5.02 Å². The second-order valence-corrected chi connectivity index (χ2v) is 4.84. The number of nitro benzene ring substituents is 1. The van der Waals surface area contributed by atoms with Crippen molar-refractivity contribution in [2.45, 2.75) is 19.4 Å². The summed E-state index contributed by atoms with van der Waals surface area (Å²) in [7, 11) is 0. The number of aliphatic hydroxyl groups is 1. The molecule has 0 amide bonds. The third-order valence-electron chi connectivity index (χ3n) is 3.01. The van der Waals surface area contributed by atoms with E-state index >= 15 is 0 Å². The maximum atomic E-state index is 10.7. The van der Waals surface area contributed by atoms with Crippen LogP contribution in [0.25, 0.3) is 0 Å². The fourth-order valence-corrected chi connectivity index (χ4v) is 2.13. The van der Waals surface area contributed by atoms with Crippen molar-refractivity contribution in [3.8, 4) is 11.5 Å². The number of rotatable bonds is 5. The number of para-hydroxylation sites is 1. The van der Waals surface area contributed by atoms with Gasteiger partial charge in [0.2, 0.25) is 0 Å². The molecule has 0 spiro atoms. The molecule has 0 aliphatic carbocycles. The summed E-state index contributed by atoms with van der Waals surface area (Å²) in [5, 5.41) is 20.7. The van der Waals surface area contributed by atoms with Crippen LogP contribution in [0.15, 0.2) is 42.5 Å². The number of hydrogen-bond donors (Lipinski definition) is 1. The lowest BCUT2D eigenvalue weighted by molar-refractivity contribution is -0.384. The molecule has 0 saturated carbocycles. The van der Waals surface area contributed by atoms with Gasteiger partial charge in [0.25, 0.3) is 5.69 Å². The maximum absolute atomic E-state index is 10.7. The molecule has 0 unspecified atom stereocenters. The van der Waals surface area contributed by atoms with Gasteiger partial charge in [0.1, 0.15) is 16.5 Å². The van der Waals surface area contributed by atoms with E-state index in [1.807, 2.05) is 13.0 Å². The van der Waals surface area contributed by atoms with Gasteiger partial charge < -0.3 is 9.84 Å². The molecule has 0 aromatic heterocycles. The summed E-state index contributed by atoms with van der Waals surface area (Å²) in [6, 6.07) is 11.2. The number of halogens is 1. The fraction of sp³-hybridized carbons (Fsp3) is 0.200. The average Bonchev–Trinajstić information content (AvgIpc) is 2.46. The molecule has 6 heteroatoms. The van der Waals surface area contributed by atoms with Crippen LogP contribution < -0.4 is 4.74 Å². The van der Waals surface area contributed by atoms with Crippen LogP contribution in [0.5, 0.6) is 11.5 Å². The van der Waals surface area contributed by atoms with Crippen LogP contribution in [0.3, 0.4) is 0 Å². The lowest BCUT2D eigenvalue weighted by atomic mass is 10.1. The van der Waals surface area contributed by atoms with Crippen LogP contribution in [-0.2, 0) is 0 Å². The predicted molar refractivity (Wildman–Crippen MR) is 79.9 cm³/mol. The standard InChI is InChI=1S/C15H14ClNO4/c1-2-14(18)11-5-3-4-6-15(11)21-10-7-8-13(17(19)20)12(16)9-10/h3-9,14,18H,2H2,1H3/t14-/m1/s1. The van der Waals surface area contributed by atoms with Crippen LogP contribution in [0, 0.1) is 10.1 Å². The minimum absolute atomic E-state index is 0.00558. The van der Waals surface area contributed by atoms with Crippen LogP contribution in [-0.4, -0.2) is 10.0 Å². The Kier molecular flexibility index (Phi) is 4.77. The number of ether oxygens (including phenoxy) is 1. The van der Waals surface area contributed by atoms with E-state index in [0.717, 1.165) is 0 Å². The van der Waals surface area contributed by atoms with Gasteiger partial charge >= 0.3 is 0 Å². The SMILES string of the molecule is CC[C@@H](O)c1ccccc1Oc1ccc([N+](=O)[O-])c(Cl)c1. The molecule has 0 radical (unpaired) electrons. The summed E-state index contributed by atoms with van der Waals surface area (Å²) in [5.74, 6) is 0.873. The first-order valence-electron chi connectivity index (χ1n) is 6.41. The molecule has 110 valence electrons. The Labute approximate surface area is 126 Å². The topological polar surface area (TPSA) is 72.6 Å². The minimum Gasteiger partial charge on any atom is -0.457 e. The van der Waals surface area contributed by atoms with E-state index in [1.54, 1.807) is 18.2 Å². The highest BCUT2D eigenvalue weighted by atomic mass is 35.5. The lowest BCUT2D eigenvalue weighted by Crippen LogP contribution is -1.98. The zero-order valence-corrected chi connectivity index (χ0v) is 12.1. The summed E-state index contributed by atoms with van der Waals surface area (Å²) in [6.45, 7) is 1.87. The van der Waals surface area contributed by atoms with Crippen molar-refractivity contribution >= 4 is 17.3 Å². The van der Waals surface area contributed by atoms with Crippen molar-refractivity contribution in [3.63, 3.8) is 0 Å². The van der Waals surface area contributed by atoms with Gasteiger partial charge in [-0.05, 0) is 18.6 Å². The Bertz CT molecular complexity index is 660. The molecule has 2 rings (SSSR count). The highest BCUT2D eigenvalue weighted by Crippen LogP contribution is 2.34. The quantitative estimate of drug-likeness (QED) is 0.652. The van der Waals surface area contributed by atoms with E-state index in [1.165, 1.54) is 18.2 Å². The summed E-state index contributed by atoms with van der Waals surface area (Å²) in [4.78, 5) is 10.2. The van der Waals surface area contributed by atoms with E-state index in [4.69, 9.17) is 16.3 Å². The van der Waals surface area contributed by atoms with Gasteiger partial charge in [-0.15, -0.1) is 0 Å². The minimum atomic E-state index is -0.630. The first-order chi connectivity index (χ1) is 10.0. The van der Waals surface area contributed by atoms with Crippen molar-refractivity contribution in [3.05, 3.63) is 63.2 Å². The zero-order chi connectivity index (χ0) is 15.4. The number of benzene rings is 2. The van der Waals surface area contributed by atoms with Crippen LogP contribution in [0.4, 0.5) is 5.69 Å². The molecule has 5 nitrogen and oxygen atoms in total. The van der Waals surface area contributed by atoms with E-state index in [0.29, 0.717) is 23.5 Å². The molecular weight excluding hydrogens is 294 g/mol. The summed E-state index contributed by atoms with van der Waals surface area (Å²) in [6.07, 6.45) is -0.0730. The second kappa shape index (κ2) is 6.56. The first-order valence-corrected chi connectivity index (χ1v) is 6.79. The Morgan fingerprint density at radius 3 is 2.67 bits per heavy atom. The fourth-order valence-electron chi connectivity index (χ4n) is 1.89. The molecule has 2 aromatic rings. The molecule has 1 N–H and O–H groups in total. The monoisotopic (exact) mass is 307 g/mol. The zero-order valence-electron chi connectivity index (χ0n) is 11.3. The Morgan fingerprint density at radius 2 is 2.05 bits per heavy atom. The maximum Gasteiger partial charge on any atom is 0.288 e. The molecule has 0 bridgehead atoms. The third-order valence-corrected chi connectivity index (χ3v) is 3.31. The molecule has 2 aromatic carbocycles.